The van der Waals surface area contributed by atoms with E-state index in [2.05, 4.69) is 15.1 Å². The van der Waals surface area contributed by atoms with E-state index in [1.54, 1.807) is 10.9 Å². The summed E-state index contributed by atoms with van der Waals surface area (Å²) in [4.78, 5) is 18.6. The Morgan fingerprint density at radius 1 is 1.05 bits per heavy atom. The second-order valence-corrected chi connectivity index (χ2v) is 11.8. The lowest BCUT2D eigenvalue weighted by atomic mass is 9.92. The summed E-state index contributed by atoms with van der Waals surface area (Å²) in [5, 5.41) is 4.36. The first-order valence-electron chi connectivity index (χ1n) is 12.0. The third kappa shape index (κ3) is 4.48. The molecule has 0 radical (unpaired) electrons. The highest BCUT2D eigenvalue weighted by Crippen LogP contribution is 2.38. The molecule has 37 heavy (non-hydrogen) atoms. The van der Waals surface area contributed by atoms with Gasteiger partial charge in [0.1, 0.15) is 28.7 Å². The van der Waals surface area contributed by atoms with Crippen molar-refractivity contribution in [2.45, 2.75) is 44.8 Å². The summed E-state index contributed by atoms with van der Waals surface area (Å²) in [6, 6.07) is 3.22. The van der Waals surface area contributed by atoms with Crippen LogP contribution in [0.3, 0.4) is 0 Å². The summed E-state index contributed by atoms with van der Waals surface area (Å²) in [5.41, 5.74) is 3.36. The molecule has 9 nitrogen and oxygen atoms in total. The Labute approximate surface area is 211 Å². The maximum atomic E-state index is 14.8. The first-order chi connectivity index (χ1) is 17.7. The Hall–Kier alpha value is -3.38. The van der Waals surface area contributed by atoms with E-state index in [0.717, 1.165) is 11.6 Å². The lowest BCUT2D eigenvalue weighted by Gasteiger charge is -2.29. The van der Waals surface area contributed by atoms with E-state index in [0.29, 0.717) is 47.8 Å². The maximum absolute atomic E-state index is 14.8. The maximum Gasteiger partial charge on any atom is 0.182 e. The number of fused-ring (bicyclic) bond motifs is 1. The van der Waals surface area contributed by atoms with E-state index in [4.69, 9.17) is 14.7 Å². The fourth-order valence-corrected chi connectivity index (χ4v) is 6.23. The van der Waals surface area contributed by atoms with E-state index in [1.807, 2.05) is 20.0 Å². The number of ether oxygens (including phenoxy) is 1. The molecule has 12 heteroatoms. The number of sulfone groups is 1. The Morgan fingerprint density at radius 3 is 2.59 bits per heavy atom. The number of aromatic nitrogens is 6. The normalized spacial score (nSPS) is 21.7. The van der Waals surface area contributed by atoms with Crippen LogP contribution in [0.1, 0.15) is 53.7 Å². The van der Waals surface area contributed by atoms with E-state index in [9.17, 15) is 17.2 Å². The van der Waals surface area contributed by atoms with Crippen molar-refractivity contribution in [2.24, 2.45) is 0 Å². The molecule has 2 fully saturated rings. The minimum Gasteiger partial charge on any atom is -0.373 e. The minimum atomic E-state index is -2.96. The van der Waals surface area contributed by atoms with E-state index in [1.165, 1.54) is 12.1 Å². The molecule has 2 saturated heterocycles. The SMILES string of the molecule is Cc1nc2nc(C3CCOC(c4cnn(C5CS(=O)(=O)C5)c4)C3)nc(-c3ccc(F)cc3F)c2nc1C. The van der Waals surface area contributed by atoms with Crippen molar-refractivity contribution in [1.82, 2.24) is 29.7 Å². The monoisotopic (exact) mass is 526 g/mol. The smallest absolute Gasteiger partial charge is 0.182 e. The van der Waals surface area contributed by atoms with Gasteiger partial charge in [0.2, 0.25) is 0 Å². The van der Waals surface area contributed by atoms with Gasteiger partial charge in [0.05, 0.1) is 41.2 Å². The fraction of sp³-hybridized carbons (Fsp3) is 0.400. The molecule has 6 rings (SSSR count). The molecule has 0 saturated carbocycles. The molecule has 2 aliphatic rings. The van der Waals surface area contributed by atoms with Crippen LogP contribution in [0.4, 0.5) is 8.78 Å². The summed E-state index contributed by atoms with van der Waals surface area (Å²) in [5.74, 6) is -0.839. The summed E-state index contributed by atoms with van der Waals surface area (Å²) in [6.07, 6.45) is 4.48. The lowest BCUT2D eigenvalue weighted by molar-refractivity contribution is 0.00395. The van der Waals surface area contributed by atoms with Crippen LogP contribution >= 0.6 is 0 Å². The van der Waals surface area contributed by atoms with Crippen LogP contribution in [0.25, 0.3) is 22.4 Å². The van der Waals surface area contributed by atoms with Crippen molar-refractivity contribution in [3.05, 3.63) is 65.0 Å². The van der Waals surface area contributed by atoms with Crippen LogP contribution < -0.4 is 0 Å². The molecule has 1 aromatic carbocycles. The highest BCUT2D eigenvalue weighted by Gasteiger charge is 2.36. The Bertz CT molecular complexity index is 1630. The van der Waals surface area contributed by atoms with Gasteiger partial charge < -0.3 is 4.74 Å². The van der Waals surface area contributed by atoms with Gasteiger partial charge in [0.15, 0.2) is 15.5 Å². The first kappa shape index (κ1) is 24.0. The highest BCUT2D eigenvalue weighted by atomic mass is 32.2. The van der Waals surface area contributed by atoms with Gasteiger partial charge in [0, 0.05) is 35.9 Å². The fourth-order valence-electron chi connectivity index (χ4n) is 4.85. The van der Waals surface area contributed by atoms with E-state index < -0.39 is 21.5 Å². The number of hydrogen-bond donors (Lipinski definition) is 0. The zero-order valence-corrected chi connectivity index (χ0v) is 21.0. The van der Waals surface area contributed by atoms with Gasteiger partial charge in [-0.1, -0.05) is 0 Å². The van der Waals surface area contributed by atoms with Crippen LogP contribution in [0.15, 0.2) is 30.6 Å². The second kappa shape index (κ2) is 8.88. The van der Waals surface area contributed by atoms with Crippen molar-refractivity contribution in [3.8, 4) is 11.3 Å². The number of rotatable bonds is 4. The molecule has 0 spiro atoms. The molecule has 192 valence electrons. The third-order valence-corrected chi connectivity index (χ3v) is 8.84. The average Bonchev–Trinajstić information content (AvgIpc) is 3.33. The van der Waals surface area contributed by atoms with Crippen molar-refractivity contribution < 1.29 is 21.9 Å². The molecular weight excluding hydrogens is 502 g/mol. The molecule has 0 bridgehead atoms. The first-order valence-corrected chi connectivity index (χ1v) is 13.8. The van der Waals surface area contributed by atoms with Crippen molar-refractivity contribution in [2.75, 3.05) is 18.1 Å². The Morgan fingerprint density at radius 2 is 1.84 bits per heavy atom. The number of benzene rings is 1. The van der Waals surface area contributed by atoms with Gasteiger partial charge in [-0.3, -0.25) is 4.68 Å². The molecular formula is C25H24F2N6O3S. The molecule has 3 aromatic heterocycles. The summed E-state index contributed by atoms with van der Waals surface area (Å²) >= 11 is 0. The van der Waals surface area contributed by atoms with Gasteiger partial charge in [-0.2, -0.15) is 5.10 Å². The summed E-state index contributed by atoms with van der Waals surface area (Å²) < 4.78 is 59.3. The summed E-state index contributed by atoms with van der Waals surface area (Å²) in [7, 11) is -2.96. The topological polar surface area (TPSA) is 113 Å². The zero-order valence-electron chi connectivity index (χ0n) is 20.2. The quantitative estimate of drug-likeness (QED) is 0.395. The Kier molecular flexibility index (Phi) is 5.75. The standard InChI is InChI=1S/C25H24F2N6O3S/c1-13-14(2)30-25-23(29-13)22(19-4-3-17(26)8-20(19)27)31-24(32-25)15-5-6-36-21(7-15)16-9-28-33(10-16)18-11-37(34,35)12-18/h3-4,8-10,15,18,21H,5-7,11-12H2,1-2H3. The molecule has 0 amide bonds. The van der Waals surface area contributed by atoms with Crippen molar-refractivity contribution in [3.63, 3.8) is 0 Å². The third-order valence-electron chi connectivity index (χ3n) is 7.06. The van der Waals surface area contributed by atoms with Gasteiger partial charge in [-0.05, 0) is 38.8 Å². The number of halogens is 2. The largest absolute Gasteiger partial charge is 0.373 e. The van der Waals surface area contributed by atoms with E-state index >= 15 is 0 Å². The average molecular weight is 527 g/mol. The lowest BCUT2D eigenvalue weighted by Crippen LogP contribution is -2.38. The van der Waals surface area contributed by atoms with Gasteiger partial charge in [0.25, 0.3) is 0 Å². The molecule has 2 atom stereocenters. The van der Waals surface area contributed by atoms with Crippen molar-refractivity contribution in [1.29, 1.82) is 0 Å². The van der Waals surface area contributed by atoms with Gasteiger partial charge >= 0.3 is 0 Å². The second-order valence-electron chi connectivity index (χ2n) is 9.69. The predicted molar refractivity (Wildman–Crippen MR) is 131 cm³/mol. The van der Waals surface area contributed by atoms with Crippen LogP contribution in [0.2, 0.25) is 0 Å². The molecule has 2 unspecified atom stereocenters. The van der Waals surface area contributed by atoms with Crippen LogP contribution in [-0.2, 0) is 14.6 Å². The van der Waals surface area contributed by atoms with Crippen LogP contribution in [0.5, 0.6) is 0 Å². The molecule has 2 aliphatic heterocycles. The van der Waals surface area contributed by atoms with Gasteiger partial charge in [-0.15, -0.1) is 0 Å². The van der Waals surface area contributed by atoms with Crippen molar-refractivity contribution >= 4 is 21.0 Å². The zero-order chi connectivity index (χ0) is 25.9. The molecule has 5 heterocycles. The van der Waals surface area contributed by atoms with Crippen LogP contribution in [-0.4, -0.2) is 56.2 Å². The number of aryl methyl sites for hydroxylation is 2. The molecule has 0 aliphatic carbocycles. The highest BCUT2D eigenvalue weighted by molar-refractivity contribution is 7.92. The number of hydrogen-bond acceptors (Lipinski definition) is 8. The molecule has 0 N–H and O–H groups in total. The molecule has 4 aromatic rings. The van der Waals surface area contributed by atoms with Crippen LogP contribution in [0, 0.1) is 25.5 Å². The number of nitrogens with zero attached hydrogens (tertiary/aromatic N) is 6. The van der Waals surface area contributed by atoms with Gasteiger partial charge in [-0.25, -0.2) is 37.1 Å². The predicted octanol–water partition coefficient (Wildman–Crippen LogP) is 3.78. The summed E-state index contributed by atoms with van der Waals surface area (Å²) in [6.45, 7) is 4.10. The van der Waals surface area contributed by atoms with E-state index in [-0.39, 0.29) is 40.8 Å². The Balaban J connectivity index is 1.35. The minimum absolute atomic E-state index is 0.0931.